The number of halogens is 2. The molecule has 0 aromatic heterocycles. The molecule has 1 N–H and O–H groups in total. The Morgan fingerprint density at radius 1 is 1.29 bits per heavy atom. The summed E-state index contributed by atoms with van der Waals surface area (Å²) in [5.74, 6) is 0.317. The van der Waals surface area contributed by atoms with Gasteiger partial charge in [-0.3, -0.25) is 4.79 Å². The van der Waals surface area contributed by atoms with E-state index in [9.17, 15) is 4.79 Å². The summed E-state index contributed by atoms with van der Waals surface area (Å²) in [6.07, 6.45) is 0. The smallest absolute Gasteiger partial charge is 0.234 e. The van der Waals surface area contributed by atoms with E-state index < -0.39 is 0 Å². The molecule has 1 rings (SSSR count). The SMILES string of the molecule is CC(C)C(Br)C(=O)N[C@@H](C)c1cccc(Br)c1. The predicted octanol–water partition coefficient (Wildman–Crippen LogP) is 4.05. The van der Waals surface area contributed by atoms with E-state index in [0.29, 0.717) is 0 Å². The molecule has 0 spiro atoms. The van der Waals surface area contributed by atoms with Crippen LogP contribution in [0.25, 0.3) is 0 Å². The zero-order valence-electron chi connectivity index (χ0n) is 10.2. The average Bonchev–Trinajstić information content (AvgIpc) is 2.27. The first-order valence-electron chi connectivity index (χ1n) is 5.61. The fourth-order valence-corrected chi connectivity index (χ4v) is 2.00. The van der Waals surface area contributed by atoms with Gasteiger partial charge in [-0.15, -0.1) is 0 Å². The van der Waals surface area contributed by atoms with Crippen LogP contribution in [0.1, 0.15) is 32.4 Å². The van der Waals surface area contributed by atoms with Gasteiger partial charge in [0.2, 0.25) is 5.91 Å². The summed E-state index contributed by atoms with van der Waals surface area (Å²) in [5, 5.41) is 3.00. The summed E-state index contributed by atoms with van der Waals surface area (Å²) in [4.78, 5) is 11.7. The summed E-state index contributed by atoms with van der Waals surface area (Å²) in [5.41, 5.74) is 1.09. The van der Waals surface area contributed by atoms with Crippen molar-refractivity contribution in [3.63, 3.8) is 0 Å². The van der Waals surface area contributed by atoms with Gasteiger partial charge in [-0.2, -0.15) is 0 Å². The van der Waals surface area contributed by atoms with Crippen LogP contribution in [0, 0.1) is 5.92 Å². The second kappa shape index (κ2) is 6.55. The number of nitrogens with one attached hydrogen (secondary N) is 1. The van der Waals surface area contributed by atoms with E-state index in [2.05, 4.69) is 37.2 Å². The second-order valence-corrected chi connectivity index (χ2v) is 6.33. The zero-order valence-corrected chi connectivity index (χ0v) is 13.4. The van der Waals surface area contributed by atoms with Gasteiger partial charge in [0, 0.05) is 4.47 Å². The number of carbonyl (C=O) groups excluding carboxylic acids is 1. The number of carbonyl (C=O) groups is 1. The highest BCUT2D eigenvalue weighted by Gasteiger charge is 2.20. The molecule has 0 bridgehead atoms. The van der Waals surface area contributed by atoms with E-state index in [1.165, 1.54) is 0 Å². The van der Waals surface area contributed by atoms with Crippen molar-refractivity contribution in [2.24, 2.45) is 5.92 Å². The maximum atomic E-state index is 11.9. The summed E-state index contributed by atoms with van der Waals surface area (Å²) in [6.45, 7) is 6.02. The van der Waals surface area contributed by atoms with E-state index in [1.807, 2.05) is 45.0 Å². The van der Waals surface area contributed by atoms with Gasteiger partial charge in [-0.25, -0.2) is 0 Å². The summed E-state index contributed by atoms with van der Waals surface area (Å²) in [6, 6.07) is 7.98. The van der Waals surface area contributed by atoms with Gasteiger partial charge >= 0.3 is 0 Å². The minimum atomic E-state index is -0.142. The molecular weight excluding hydrogens is 346 g/mol. The van der Waals surface area contributed by atoms with E-state index in [0.717, 1.165) is 10.0 Å². The minimum absolute atomic E-state index is 0.0128. The second-order valence-electron chi connectivity index (χ2n) is 4.43. The summed E-state index contributed by atoms with van der Waals surface area (Å²) >= 11 is 6.83. The fourth-order valence-electron chi connectivity index (χ4n) is 1.46. The number of hydrogen-bond donors (Lipinski definition) is 1. The Bertz CT molecular complexity index is 393. The largest absolute Gasteiger partial charge is 0.349 e. The van der Waals surface area contributed by atoms with Crippen molar-refractivity contribution in [1.29, 1.82) is 0 Å². The molecule has 0 radical (unpaired) electrons. The van der Waals surface area contributed by atoms with Crippen LogP contribution in [0.5, 0.6) is 0 Å². The molecule has 0 aliphatic rings. The third-order valence-electron chi connectivity index (χ3n) is 2.54. The molecule has 0 aliphatic carbocycles. The zero-order chi connectivity index (χ0) is 13.0. The Morgan fingerprint density at radius 2 is 1.94 bits per heavy atom. The fraction of sp³-hybridized carbons (Fsp3) is 0.462. The predicted molar refractivity (Wildman–Crippen MR) is 78.3 cm³/mol. The first-order chi connectivity index (χ1) is 7.91. The van der Waals surface area contributed by atoms with Gasteiger partial charge in [0.05, 0.1) is 10.9 Å². The van der Waals surface area contributed by atoms with Gasteiger partial charge in [0.15, 0.2) is 0 Å². The van der Waals surface area contributed by atoms with Crippen molar-refractivity contribution in [3.8, 4) is 0 Å². The lowest BCUT2D eigenvalue weighted by Crippen LogP contribution is -2.35. The van der Waals surface area contributed by atoms with Crippen LogP contribution in [-0.2, 0) is 4.79 Å². The van der Waals surface area contributed by atoms with Gasteiger partial charge in [0.25, 0.3) is 0 Å². The molecule has 94 valence electrons. The van der Waals surface area contributed by atoms with Crippen molar-refractivity contribution >= 4 is 37.8 Å². The Labute approximate surface area is 119 Å². The molecule has 0 heterocycles. The average molecular weight is 363 g/mol. The van der Waals surface area contributed by atoms with Gasteiger partial charge in [0.1, 0.15) is 0 Å². The van der Waals surface area contributed by atoms with Gasteiger partial charge < -0.3 is 5.32 Å². The highest BCUT2D eigenvalue weighted by Crippen LogP contribution is 2.19. The lowest BCUT2D eigenvalue weighted by molar-refractivity contribution is -0.121. The van der Waals surface area contributed by atoms with Crippen LogP contribution < -0.4 is 5.32 Å². The Kier molecular flexibility index (Phi) is 5.67. The van der Waals surface area contributed by atoms with Crippen LogP contribution in [0.4, 0.5) is 0 Å². The van der Waals surface area contributed by atoms with E-state index in [-0.39, 0.29) is 22.7 Å². The van der Waals surface area contributed by atoms with Crippen molar-refractivity contribution in [2.75, 3.05) is 0 Å². The number of amides is 1. The molecule has 1 amide bonds. The molecule has 1 aromatic rings. The standard InChI is InChI=1S/C13H17Br2NO/c1-8(2)12(15)13(17)16-9(3)10-5-4-6-11(14)7-10/h4-9,12H,1-3H3,(H,16,17)/t9-,12?/m0/s1. The quantitative estimate of drug-likeness (QED) is 0.804. The lowest BCUT2D eigenvalue weighted by atomic mass is 10.1. The van der Waals surface area contributed by atoms with Crippen molar-refractivity contribution < 1.29 is 4.79 Å². The molecule has 0 aliphatic heterocycles. The maximum absolute atomic E-state index is 11.9. The number of hydrogen-bond acceptors (Lipinski definition) is 1. The Hall–Kier alpha value is -0.350. The van der Waals surface area contributed by atoms with E-state index >= 15 is 0 Å². The first-order valence-corrected chi connectivity index (χ1v) is 7.32. The number of rotatable bonds is 4. The van der Waals surface area contributed by atoms with Crippen LogP contribution >= 0.6 is 31.9 Å². The molecule has 1 unspecified atom stereocenters. The molecule has 0 saturated heterocycles. The molecule has 2 nitrogen and oxygen atoms in total. The third kappa shape index (κ3) is 4.43. The lowest BCUT2D eigenvalue weighted by Gasteiger charge is -2.19. The van der Waals surface area contributed by atoms with Crippen LogP contribution in [0.3, 0.4) is 0 Å². The van der Waals surface area contributed by atoms with E-state index in [1.54, 1.807) is 0 Å². The highest BCUT2D eigenvalue weighted by atomic mass is 79.9. The van der Waals surface area contributed by atoms with Crippen LogP contribution in [-0.4, -0.2) is 10.7 Å². The molecule has 0 fully saturated rings. The maximum Gasteiger partial charge on any atom is 0.234 e. The molecule has 1 aromatic carbocycles. The third-order valence-corrected chi connectivity index (χ3v) is 4.51. The molecule has 0 saturated carbocycles. The summed E-state index contributed by atoms with van der Waals surface area (Å²) in [7, 11) is 0. The van der Waals surface area contributed by atoms with Crippen molar-refractivity contribution in [2.45, 2.75) is 31.6 Å². The molecule has 2 atom stereocenters. The topological polar surface area (TPSA) is 29.1 Å². The summed E-state index contributed by atoms with van der Waals surface area (Å²) < 4.78 is 1.02. The van der Waals surface area contributed by atoms with Crippen LogP contribution in [0.2, 0.25) is 0 Å². The van der Waals surface area contributed by atoms with Crippen molar-refractivity contribution in [1.82, 2.24) is 5.32 Å². The monoisotopic (exact) mass is 361 g/mol. The van der Waals surface area contributed by atoms with Crippen molar-refractivity contribution in [3.05, 3.63) is 34.3 Å². The first kappa shape index (κ1) is 14.7. The van der Waals surface area contributed by atoms with Crippen LogP contribution in [0.15, 0.2) is 28.7 Å². The molecular formula is C13H17Br2NO. The highest BCUT2D eigenvalue weighted by molar-refractivity contribution is 9.10. The Balaban J connectivity index is 2.66. The van der Waals surface area contributed by atoms with Gasteiger partial charge in [-0.05, 0) is 30.5 Å². The van der Waals surface area contributed by atoms with Gasteiger partial charge in [-0.1, -0.05) is 57.8 Å². The molecule has 17 heavy (non-hydrogen) atoms. The minimum Gasteiger partial charge on any atom is -0.349 e. The number of alkyl halides is 1. The number of benzene rings is 1. The van der Waals surface area contributed by atoms with E-state index in [4.69, 9.17) is 0 Å². The Morgan fingerprint density at radius 3 is 2.47 bits per heavy atom. The normalized spacial score (nSPS) is 14.5. The molecule has 4 heteroatoms.